The number of nitrogens with zero attached hydrogens (tertiary/aromatic N) is 3. The van der Waals surface area contributed by atoms with Gasteiger partial charge in [0.15, 0.2) is 5.69 Å². The molecule has 2 amide bonds. The Labute approximate surface area is 148 Å². The first-order chi connectivity index (χ1) is 12.2. The minimum atomic E-state index is -4.56. The summed E-state index contributed by atoms with van der Waals surface area (Å²) in [5, 5.41) is 6.05. The van der Waals surface area contributed by atoms with E-state index in [2.05, 4.69) is 10.4 Å². The molecule has 1 N–H and O–H groups in total. The number of aromatic nitrogens is 2. The number of amides is 2. The average molecular weight is 368 g/mol. The van der Waals surface area contributed by atoms with E-state index in [1.54, 1.807) is 12.1 Å². The van der Waals surface area contributed by atoms with Gasteiger partial charge in [-0.1, -0.05) is 25.1 Å². The maximum Gasteiger partial charge on any atom is 0.435 e. The highest BCUT2D eigenvalue weighted by molar-refractivity contribution is 5.95. The lowest BCUT2D eigenvalue weighted by Crippen LogP contribution is -2.37. The van der Waals surface area contributed by atoms with Crippen LogP contribution in [-0.4, -0.2) is 40.1 Å². The number of hydrogen-bond acceptors (Lipinski definition) is 3. The Morgan fingerprint density at radius 1 is 1.23 bits per heavy atom. The Bertz CT molecular complexity index is 786. The average Bonchev–Trinajstić information content (AvgIpc) is 3.04. The van der Waals surface area contributed by atoms with E-state index in [0.29, 0.717) is 5.69 Å². The number of rotatable bonds is 6. The lowest BCUT2D eigenvalue weighted by molar-refractivity contribution is -0.142. The molecule has 1 heterocycles. The molecule has 0 aliphatic rings. The number of halogens is 3. The second kappa shape index (κ2) is 8.03. The summed E-state index contributed by atoms with van der Waals surface area (Å²) in [6.07, 6.45) is -2.75. The van der Waals surface area contributed by atoms with Gasteiger partial charge in [-0.25, -0.2) is 0 Å². The van der Waals surface area contributed by atoms with Crippen LogP contribution in [0.15, 0.2) is 36.5 Å². The summed E-state index contributed by atoms with van der Waals surface area (Å²) in [6, 6.07) is 8.10. The molecule has 0 atom stereocenters. The zero-order valence-electron chi connectivity index (χ0n) is 14.4. The molecule has 0 bridgehead atoms. The smallest absolute Gasteiger partial charge is 0.335 e. The zero-order chi connectivity index (χ0) is 19.3. The van der Waals surface area contributed by atoms with Crippen molar-refractivity contribution in [3.8, 4) is 0 Å². The van der Waals surface area contributed by atoms with Crippen molar-refractivity contribution in [2.75, 3.05) is 18.9 Å². The largest absolute Gasteiger partial charge is 0.435 e. The van der Waals surface area contributed by atoms with Gasteiger partial charge in [-0.05, 0) is 24.1 Å². The molecule has 0 saturated heterocycles. The molecular formula is C17H19F3N4O2. The molecule has 140 valence electrons. The molecular weight excluding hydrogens is 349 g/mol. The first-order valence-corrected chi connectivity index (χ1v) is 7.93. The number of benzene rings is 1. The van der Waals surface area contributed by atoms with Crippen LogP contribution in [0.25, 0.3) is 0 Å². The number of carbonyl (C=O) groups is 2. The van der Waals surface area contributed by atoms with Crippen LogP contribution in [-0.2, 0) is 28.7 Å². The number of nitrogens with one attached hydrogen (secondary N) is 1. The summed E-state index contributed by atoms with van der Waals surface area (Å²) >= 11 is 0. The van der Waals surface area contributed by atoms with Gasteiger partial charge in [0.05, 0.1) is 6.54 Å². The molecule has 9 heteroatoms. The van der Waals surface area contributed by atoms with Gasteiger partial charge in [-0.2, -0.15) is 18.3 Å². The molecule has 0 aliphatic heterocycles. The number of alkyl halides is 3. The van der Waals surface area contributed by atoms with Gasteiger partial charge in [0.1, 0.15) is 6.54 Å². The number of anilines is 1. The van der Waals surface area contributed by atoms with Crippen molar-refractivity contribution in [3.05, 3.63) is 47.8 Å². The fourth-order valence-corrected chi connectivity index (χ4v) is 2.30. The van der Waals surface area contributed by atoms with Gasteiger partial charge in [0.2, 0.25) is 11.8 Å². The molecule has 0 aliphatic carbocycles. The molecule has 2 rings (SSSR count). The van der Waals surface area contributed by atoms with Crippen LogP contribution < -0.4 is 5.32 Å². The van der Waals surface area contributed by atoms with E-state index < -0.39 is 23.7 Å². The minimum Gasteiger partial charge on any atom is -0.335 e. The number of aryl methyl sites for hydroxylation is 1. The fourth-order valence-electron chi connectivity index (χ4n) is 2.30. The van der Waals surface area contributed by atoms with Crippen LogP contribution in [0.2, 0.25) is 0 Å². The Hall–Kier alpha value is -2.84. The first kappa shape index (κ1) is 19.5. The fraction of sp³-hybridized carbons (Fsp3) is 0.353. The molecule has 2 aromatic rings. The number of para-hydroxylation sites is 1. The summed E-state index contributed by atoms with van der Waals surface area (Å²) in [7, 11) is 1.40. The molecule has 0 saturated carbocycles. The van der Waals surface area contributed by atoms with Crippen LogP contribution in [0, 0.1) is 0 Å². The molecule has 1 aromatic carbocycles. The summed E-state index contributed by atoms with van der Waals surface area (Å²) in [5.41, 5.74) is 0.565. The Morgan fingerprint density at radius 3 is 2.54 bits per heavy atom. The highest BCUT2D eigenvalue weighted by atomic mass is 19.4. The van der Waals surface area contributed by atoms with Crippen molar-refractivity contribution in [2.24, 2.45) is 0 Å². The molecule has 0 fully saturated rings. The number of carbonyl (C=O) groups excluding carboxylic acids is 2. The Balaban J connectivity index is 1.92. The SMILES string of the molecule is CCc1ccccc1NC(=O)CN(C)C(=O)Cn1ccc(C(F)(F)F)n1. The van der Waals surface area contributed by atoms with Crippen LogP contribution in [0.5, 0.6) is 0 Å². The summed E-state index contributed by atoms with van der Waals surface area (Å²) in [4.78, 5) is 25.3. The van der Waals surface area contributed by atoms with Crippen molar-refractivity contribution >= 4 is 17.5 Å². The Kier molecular flexibility index (Phi) is 6.01. The number of hydrogen-bond donors (Lipinski definition) is 1. The molecule has 0 unspecified atom stereocenters. The molecule has 6 nitrogen and oxygen atoms in total. The standard InChI is InChI=1S/C17H19F3N4O2/c1-3-12-6-4-5-7-13(12)21-15(25)10-23(2)16(26)11-24-9-8-14(22-24)17(18,19)20/h4-9H,3,10-11H2,1-2H3,(H,21,25). The predicted octanol–water partition coefficient (Wildman–Crippen LogP) is 2.56. The van der Waals surface area contributed by atoms with Gasteiger partial charge in [-0.3, -0.25) is 14.3 Å². The lowest BCUT2D eigenvalue weighted by atomic mass is 10.1. The van der Waals surface area contributed by atoms with Crippen molar-refractivity contribution < 1.29 is 22.8 Å². The maximum atomic E-state index is 12.5. The molecule has 26 heavy (non-hydrogen) atoms. The lowest BCUT2D eigenvalue weighted by Gasteiger charge is -2.17. The third kappa shape index (κ3) is 5.08. The van der Waals surface area contributed by atoms with Gasteiger partial charge in [0.25, 0.3) is 0 Å². The third-order valence-corrected chi connectivity index (χ3v) is 3.71. The summed E-state index contributed by atoms with van der Waals surface area (Å²) in [5.74, 6) is -0.918. The normalized spacial score (nSPS) is 11.3. The molecule has 0 radical (unpaired) electrons. The second-order valence-electron chi connectivity index (χ2n) is 5.70. The van der Waals surface area contributed by atoms with E-state index in [4.69, 9.17) is 0 Å². The monoisotopic (exact) mass is 368 g/mol. The summed E-state index contributed by atoms with van der Waals surface area (Å²) < 4.78 is 38.4. The van der Waals surface area contributed by atoms with Gasteiger partial charge in [0, 0.05) is 18.9 Å². The maximum absolute atomic E-state index is 12.5. The molecule has 1 aromatic heterocycles. The van der Waals surface area contributed by atoms with E-state index in [0.717, 1.165) is 33.8 Å². The topological polar surface area (TPSA) is 67.2 Å². The van der Waals surface area contributed by atoms with Crippen molar-refractivity contribution in [1.82, 2.24) is 14.7 Å². The van der Waals surface area contributed by atoms with Crippen LogP contribution in [0.4, 0.5) is 18.9 Å². The van der Waals surface area contributed by atoms with Crippen molar-refractivity contribution in [3.63, 3.8) is 0 Å². The van der Waals surface area contributed by atoms with Gasteiger partial charge < -0.3 is 10.2 Å². The van der Waals surface area contributed by atoms with Crippen molar-refractivity contribution in [1.29, 1.82) is 0 Å². The van der Waals surface area contributed by atoms with E-state index >= 15 is 0 Å². The molecule has 0 spiro atoms. The van der Waals surface area contributed by atoms with Crippen LogP contribution in [0.3, 0.4) is 0 Å². The van der Waals surface area contributed by atoms with E-state index in [1.165, 1.54) is 7.05 Å². The third-order valence-electron chi connectivity index (χ3n) is 3.71. The predicted molar refractivity (Wildman–Crippen MR) is 89.3 cm³/mol. The van der Waals surface area contributed by atoms with Crippen LogP contribution in [0.1, 0.15) is 18.2 Å². The second-order valence-corrected chi connectivity index (χ2v) is 5.70. The minimum absolute atomic E-state index is 0.218. The quantitative estimate of drug-likeness (QED) is 0.852. The number of likely N-dealkylation sites (N-methyl/N-ethyl adjacent to an activating group) is 1. The highest BCUT2D eigenvalue weighted by Gasteiger charge is 2.33. The van der Waals surface area contributed by atoms with E-state index in [1.807, 2.05) is 19.1 Å². The highest BCUT2D eigenvalue weighted by Crippen LogP contribution is 2.27. The van der Waals surface area contributed by atoms with Gasteiger partial charge in [-0.15, -0.1) is 0 Å². The van der Waals surface area contributed by atoms with Gasteiger partial charge >= 0.3 is 6.18 Å². The Morgan fingerprint density at radius 2 is 1.92 bits per heavy atom. The first-order valence-electron chi connectivity index (χ1n) is 7.93. The van der Waals surface area contributed by atoms with E-state index in [-0.39, 0.29) is 13.1 Å². The van der Waals surface area contributed by atoms with Crippen LogP contribution >= 0.6 is 0 Å². The van der Waals surface area contributed by atoms with E-state index in [9.17, 15) is 22.8 Å². The summed E-state index contributed by atoms with van der Waals surface area (Å²) in [6.45, 7) is 1.36. The van der Waals surface area contributed by atoms with Crippen molar-refractivity contribution in [2.45, 2.75) is 26.1 Å². The zero-order valence-corrected chi connectivity index (χ0v) is 14.4.